The molecule has 0 atom stereocenters. The molecule has 1 aromatic carbocycles. The Labute approximate surface area is 141 Å². The van der Waals surface area contributed by atoms with E-state index in [2.05, 4.69) is 29.2 Å². The zero-order valence-corrected chi connectivity index (χ0v) is 13.6. The third kappa shape index (κ3) is 2.85. The molecule has 0 radical (unpaired) electrons. The first-order chi connectivity index (χ1) is 11.7. The van der Waals surface area contributed by atoms with E-state index in [1.54, 1.807) is 12.1 Å². The number of nitrogens with zero attached hydrogens (tertiary/aromatic N) is 2. The second-order valence-electron chi connectivity index (χ2n) is 6.58. The van der Waals surface area contributed by atoms with Crippen molar-refractivity contribution in [2.45, 2.75) is 25.5 Å². The molecule has 1 N–H and O–H groups in total. The summed E-state index contributed by atoms with van der Waals surface area (Å²) in [6.45, 7) is 3.07. The van der Waals surface area contributed by atoms with Gasteiger partial charge in [-0.1, -0.05) is 24.3 Å². The molecule has 1 aliphatic heterocycles. The molecular formula is C19H22N2O3. The van der Waals surface area contributed by atoms with Crippen molar-refractivity contribution in [3.05, 3.63) is 59.0 Å². The molecule has 126 valence electrons. The van der Waals surface area contributed by atoms with Gasteiger partial charge in [-0.2, -0.15) is 0 Å². The van der Waals surface area contributed by atoms with Crippen LogP contribution in [0.15, 0.2) is 40.8 Å². The predicted octanol–water partition coefficient (Wildman–Crippen LogP) is 1.70. The second-order valence-corrected chi connectivity index (χ2v) is 6.58. The normalized spacial score (nSPS) is 18.8. The zero-order valence-electron chi connectivity index (χ0n) is 13.6. The summed E-state index contributed by atoms with van der Waals surface area (Å²) in [6.07, 6.45) is 2.23. The van der Waals surface area contributed by atoms with Crippen molar-refractivity contribution < 1.29 is 14.3 Å². The summed E-state index contributed by atoms with van der Waals surface area (Å²) in [5.41, 5.74) is 2.93. The van der Waals surface area contributed by atoms with Crippen molar-refractivity contribution in [2.24, 2.45) is 0 Å². The van der Waals surface area contributed by atoms with Crippen LogP contribution in [0.1, 0.15) is 27.4 Å². The summed E-state index contributed by atoms with van der Waals surface area (Å²) in [6, 6.07) is 12.5. The number of aliphatic hydroxyl groups excluding tert-OH is 1. The number of fused-ring (bicyclic) bond motifs is 1. The largest absolute Gasteiger partial charge is 0.453 e. The average Bonchev–Trinajstić information content (AvgIpc) is 3.28. The number of hydrogen-bond acceptors (Lipinski definition) is 4. The predicted molar refractivity (Wildman–Crippen MR) is 89.7 cm³/mol. The summed E-state index contributed by atoms with van der Waals surface area (Å²) in [5.74, 6) is 0.672. The lowest BCUT2D eigenvalue weighted by Crippen LogP contribution is -2.52. The van der Waals surface area contributed by atoms with Crippen LogP contribution in [0.4, 0.5) is 0 Å². The Morgan fingerprint density at radius 1 is 1.04 bits per heavy atom. The highest BCUT2D eigenvalue weighted by Crippen LogP contribution is 2.26. The first kappa shape index (κ1) is 15.4. The molecule has 4 rings (SSSR count). The molecule has 2 aliphatic rings. The maximum absolute atomic E-state index is 12.5. The first-order valence-corrected chi connectivity index (χ1v) is 8.54. The number of hydrogen-bond donors (Lipinski definition) is 1. The molecule has 1 amide bonds. The van der Waals surface area contributed by atoms with E-state index in [9.17, 15) is 4.79 Å². The van der Waals surface area contributed by atoms with Crippen molar-refractivity contribution in [3.63, 3.8) is 0 Å². The Hall–Kier alpha value is -2.11. The number of aliphatic hydroxyl groups is 1. The fourth-order valence-electron chi connectivity index (χ4n) is 3.82. The number of benzene rings is 1. The zero-order chi connectivity index (χ0) is 16.5. The molecule has 5 nitrogen and oxygen atoms in total. The summed E-state index contributed by atoms with van der Waals surface area (Å²) in [4.78, 5) is 16.8. The van der Waals surface area contributed by atoms with Gasteiger partial charge in [0, 0.05) is 32.2 Å². The van der Waals surface area contributed by atoms with Gasteiger partial charge in [-0.25, -0.2) is 0 Å². The maximum Gasteiger partial charge on any atom is 0.289 e. The van der Waals surface area contributed by atoms with Crippen molar-refractivity contribution in [1.29, 1.82) is 0 Å². The van der Waals surface area contributed by atoms with Gasteiger partial charge in [-0.3, -0.25) is 9.69 Å². The minimum absolute atomic E-state index is 0.0796. The molecular weight excluding hydrogens is 304 g/mol. The van der Waals surface area contributed by atoms with Gasteiger partial charge in [-0.15, -0.1) is 0 Å². The minimum Gasteiger partial charge on any atom is -0.453 e. The summed E-state index contributed by atoms with van der Waals surface area (Å²) in [5, 5.41) is 9.05. The van der Waals surface area contributed by atoms with E-state index in [1.807, 2.05) is 4.90 Å². The van der Waals surface area contributed by atoms with Gasteiger partial charge in [0.1, 0.15) is 12.4 Å². The average molecular weight is 326 g/mol. The minimum atomic E-state index is -0.177. The van der Waals surface area contributed by atoms with Gasteiger partial charge in [0.25, 0.3) is 5.91 Å². The number of piperazine rings is 1. The van der Waals surface area contributed by atoms with E-state index in [-0.39, 0.29) is 12.5 Å². The topological polar surface area (TPSA) is 56.9 Å². The van der Waals surface area contributed by atoms with E-state index >= 15 is 0 Å². The second kappa shape index (κ2) is 6.42. The Bertz CT molecular complexity index is 707. The van der Waals surface area contributed by atoms with Gasteiger partial charge < -0.3 is 14.4 Å². The third-order valence-corrected chi connectivity index (χ3v) is 5.18. The number of carbonyl (C=O) groups excluding carboxylic acids is 1. The fourth-order valence-corrected chi connectivity index (χ4v) is 3.82. The van der Waals surface area contributed by atoms with E-state index in [1.165, 1.54) is 11.1 Å². The van der Waals surface area contributed by atoms with Gasteiger partial charge in [-0.05, 0) is 36.1 Å². The lowest BCUT2D eigenvalue weighted by molar-refractivity contribution is 0.0543. The van der Waals surface area contributed by atoms with Crippen LogP contribution in [0.25, 0.3) is 0 Å². The Balaban J connectivity index is 1.35. The van der Waals surface area contributed by atoms with Crippen molar-refractivity contribution >= 4 is 5.91 Å². The van der Waals surface area contributed by atoms with Crippen LogP contribution >= 0.6 is 0 Å². The molecule has 1 aliphatic carbocycles. The molecule has 2 heterocycles. The molecule has 5 heteroatoms. The molecule has 24 heavy (non-hydrogen) atoms. The van der Waals surface area contributed by atoms with Crippen LogP contribution in [0.2, 0.25) is 0 Å². The van der Waals surface area contributed by atoms with Gasteiger partial charge in [0.05, 0.1) is 0 Å². The molecule has 1 aromatic heterocycles. The smallest absolute Gasteiger partial charge is 0.289 e. The third-order valence-electron chi connectivity index (χ3n) is 5.18. The maximum atomic E-state index is 12.5. The Morgan fingerprint density at radius 3 is 2.29 bits per heavy atom. The fraction of sp³-hybridized carbons (Fsp3) is 0.421. The summed E-state index contributed by atoms with van der Waals surface area (Å²) < 4.78 is 5.36. The molecule has 2 aromatic rings. The summed E-state index contributed by atoms with van der Waals surface area (Å²) in [7, 11) is 0. The van der Waals surface area contributed by atoms with Gasteiger partial charge in [0.2, 0.25) is 0 Å². The molecule has 0 spiro atoms. The number of amides is 1. The van der Waals surface area contributed by atoms with Crippen molar-refractivity contribution in [2.75, 3.05) is 26.2 Å². The molecule has 1 fully saturated rings. The van der Waals surface area contributed by atoms with E-state index in [0.29, 0.717) is 17.6 Å². The van der Waals surface area contributed by atoms with Crippen LogP contribution in [0, 0.1) is 0 Å². The SMILES string of the molecule is O=C(c1ccc(CO)o1)N1CCN(C2Cc3ccccc3C2)CC1. The van der Waals surface area contributed by atoms with Gasteiger partial charge >= 0.3 is 0 Å². The molecule has 0 bridgehead atoms. The van der Waals surface area contributed by atoms with Crippen molar-refractivity contribution in [3.8, 4) is 0 Å². The van der Waals surface area contributed by atoms with E-state index in [0.717, 1.165) is 39.0 Å². The highest BCUT2D eigenvalue weighted by molar-refractivity contribution is 5.91. The van der Waals surface area contributed by atoms with Crippen molar-refractivity contribution in [1.82, 2.24) is 9.80 Å². The quantitative estimate of drug-likeness (QED) is 0.933. The van der Waals surface area contributed by atoms with Crippen LogP contribution < -0.4 is 0 Å². The highest BCUT2D eigenvalue weighted by atomic mass is 16.4. The molecule has 0 saturated carbocycles. The standard InChI is InChI=1S/C19H22N2O3/c22-13-17-5-6-18(24-17)19(23)21-9-7-20(8-10-21)16-11-14-3-1-2-4-15(14)12-16/h1-6,16,22H,7-13H2. The highest BCUT2D eigenvalue weighted by Gasteiger charge is 2.31. The number of furan rings is 1. The lowest BCUT2D eigenvalue weighted by atomic mass is 10.1. The summed E-state index contributed by atoms with van der Waals surface area (Å²) >= 11 is 0. The number of carbonyl (C=O) groups is 1. The lowest BCUT2D eigenvalue weighted by Gasteiger charge is -2.37. The Kier molecular flexibility index (Phi) is 4.12. The monoisotopic (exact) mass is 326 g/mol. The van der Waals surface area contributed by atoms with Crippen LogP contribution in [-0.2, 0) is 19.4 Å². The van der Waals surface area contributed by atoms with E-state index < -0.39 is 0 Å². The van der Waals surface area contributed by atoms with Gasteiger partial charge in [0.15, 0.2) is 5.76 Å². The number of rotatable bonds is 3. The van der Waals surface area contributed by atoms with Crippen LogP contribution in [0.5, 0.6) is 0 Å². The van der Waals surface area contributed by atoms with Crippen LogP contribution in [0.3, 0.4) is 0 Å². The Morgan fingerprint density at radius 2 is 1.71 bits per heavy atom. The molecule has 1 saturated heterocycles. The molecule has 0 unspecified atom stereocenters. The van der Waals surface area contributed by atoms with Crippen LogP contribution in [-0.4, -0.2) is 53.0 Å². The first-order valence-electron chi connectivity index (χ1n) is 8.54. The van der Waals surface area contributed by atoms with E-state index in [4.69, 9.17) is 9.52 Å².